The summed E-state index contributed by atoms with van der Waals surface area (Å²) in [5, 5.41) is 5.70. The Morgan fingerprint density at radius 3 is 3.00 bits per heavy atom. The Bertz CT molecular complexity index is 505. The Kier molecular flexibility index (Phi) is 4.08. The molecule has 2 aliphatic heterocycles. The summed E-state index contributed by atoms with van der Waals surface area (Å²) < 4.78 is 0. The molecule has 1 aromatic heterocycles. The number of carbonyl (C=O) groups excluding carboxylic acids is 1. The first-order chi connectivity index (χ1) is 9.79. The van der Waals surface area contributed by atoms with E-state index in [-0.39, 0.29) is 11.9 Å². The smallest absolute Gasteiger partial charge is 0.241 e. The monoisotopic (exact) mass is 289 g/mol. The molecule has 1 N–H and O–H groups in total. The summed E-state index contributed by atoms with van der Waals surface area (Å²) in [7, 11) is 1.88. The minimum atomic E-state index is -0.0932. The van der Waals surface area contributed by atoms with E-state index in [0.29, 0.717) is 17.7 Å². The van der Waals surface area contributed by atoms with Crippen LogP contribution >= 0.6 is 11.8 Å². The van der Waals surface area contributed by atoms with Gasteiger partial charge in [-0.25, -0.2) is 0 Å². The van der Waals surface area contributed by atoms with Crippen LogP contribution in [0.5, 0.6) is 0 Å². The van der Waals surface area contributed by atoms with Gasteiger partial charge >= 0.3 is 0 Å². The molecule has 4 nitrogen and oxygen atoms in total. The van der Waals surface area contributed by atoms with E-state index in [2.05, 4.69) is 21.8 Å². The summed E-state index contributed by atoms with van der Waals surface area (Å²) in [6.07, 6.45) is 6.85. The Morgan fingerprint density at radius 1 is 1.45 bits per heavy atom. The van der Waals surface area contributed by atoms with Crippen LogP contribution in [-0.4, -0.2) is 40.7 Å². The van der Waals surface area contributed by atoms with Crippen molar-refractivity contribution in [3.05, 3.63) is 41.6 Å². The molecule has 0 bridgehead atoms. The summed E-state index contributed by atoms with van der Waals surface area (Å²) in [5.41, 5.74) is 1.14. The van der Waals surface area contributed by atoms with Crippen LogP contribution in [0.2, 0.25) is 0 Å². The number of likely N-dealkylation sites (tertiary alicyclic amines) is 1. The van der Waals surface area contributed by atoms with Crippen molar-refractivity contribution >= 4 is 17.7 Å². The molecule has 0 radical (unpaired) electrons. The molecule has 1 aromatic rings. The van der Waals surface area contributed by atoms with Crippen LogP contribution in [0.1, 0.15) is 12.0 Å². The van der Waals surface area contributed by atoms with E-state index in [1.54, 1.807) is 24.2 Å². The fourth-order valence-corrected chi connectivity index (χ4v) is 4.25. The van der Waals surface area contributed by atoms with Crippen molar-refractivity contribution in [2.75, 3.05) is 13.6 Å². The highest BCUT2D eigenvalue weighted by Gasteiger charge is 2.39. The Hall–Kier alpha value is -1.33. The molecule has 2 aliphatic rings. The van der Waals surface area contributed by atoms with Crippen LogP contribution in [0, 0.1) is 5.92 Å². The highest BCUT2D eigenvalue weighted by molar-refractivity contribution is 8.03. The summed E-state index contributed by atoms with van der Waals surface area (Å²) in [4.78, 5) is 18.7. The molecule has 0 aliphatic carbocycles. The van der Waals surface area contributed by atoms with Gasteiger partial charge in [-0.15, -0.1) is 11.8 Å². The van der Waals surface area contributed by atoms with Gasteiger partial charge in [0.25, 0.3) is 0 Å². The van der Waals surface area contributed by atoms with Crippen molar-refractivity contribution in [1.82, 2.24) is 15.2 Å². The Labute approximate surface area is 123 Å². The molecule has 1 amide bonds. The molecule has 1 fully saturated rings. The minimum absolute atomic E-state index is 0.0932. The molecule has 3 unspecified atom stereocenters. The first kappa shape index (κ1) is 13.6. The fraction of sp³-hybridized carbons (Fsp3) is 0.467. The van der Waals surface area contributed by atoms with Gasteiger partial charge < -0.3 is 10.2 Å². The van der Waals surface area contributed by atoms with Gasteiger partial charge in [0.2, 0.25) is 5.91 Å². The lowest BCUT2D eigenvalue weighted by atomic mass is 9.98. The number of amides is 1. The Morgan fingerprint density at radius 2 is 2.25 bits per heavy atom. The van der Waals surface area contributed by atoms with Crippen molar-refractivity contribution in [3.8, 4) is 0 Å². The molecule has 0 saturated carbocycles. The number of fused-ring (bicyclic) bond motifs is 1. The maximum atomic E-state index is 12.7. The third-order valence-corrected chi connectivity index (χ3v) is 5.31. The second kappa shape index (κ2) is 5.97. The number of pyridine rings is 1. The molecule has 5 heteroatoms. The quantitative estimate of drug-likeness (QED) is 0.919. The zero-order valence-corrected chi connectivity index (χ0v) is 12.3. The second-order valence-electron chi connectivity index (χ2n) is 5.26. The van der Waals surface area contributed by atoms with Gasteiger partial charge in [-0.3, -0.25) is 9.78 Å². The highest BCUT2D eigenvalue weighted by Crippen LogP contribution is 2.37. The largest absolute Gasteiger partial charge is 0.337 e. The molecule has 1 saturated heterocycles. The topological polar surface area (TPSA) is 45.2 Å². The number of nitrogens with one attached hydrogen (secondary N) is 1. The lowest BCUT2D eigenvalue weighted by molar-refractivity contribution is -0.133. The molecule has 3 heterocycles. The van der Waals surface area contributed by atoms with Crippen molar-refractivity contribution in [2.45, 2.75) is 24.3 Å². The third-order valence-electron chi connectivity index (χ3n) is 4.06. The van der Waals surface area contributed by atoms with Gasteiger partial charge in [-0.2, -0.15) is 0 Å². The van der Waals surface area contributed by atoms with Crippen molar-refractivity contribution < 1.29 is 4.79 Å². The maximum absolute atomic E-state index is 12.7. The average molecular weight is 289 g/mol. The van der Waals surface area contributed by atoms with Crippen LogP contribution in [0.3, 0.4) is 0 Å². The van der Waals surface area contributed by atoms with E-state index in [4.69, 9.17) is 0 Å². The Balaban J connectivity index is 1.78. The molecule has 0 spiro atoms. The molecule has 106 valence electrons. The van der Waals surface area contributed by atoms with Gasteiger partial charge in [-0.1, -0.05) is 6.08 Å². The van der Waals surface area contributed by atoms with Gasteiger partial charge in [0, 0.05) is 30.7 Å². The summed E-state index contributed by atoms with van der Waals surface area (Å²) in [6.45, 7) is 1.50. The highest BCUT2D eigenvalue weighted by atomic mass is 32.2. The van der Waals surface area contributed by atoms with Gasteiger partial charge in [0.15, 0.2) is 0 Å². The van der Waals surface area contributed by atoms with E-state index in [0.717, 1.165) is 18.5 Å². The van der Waals surface area contributed by atoms with E-state index >= 15 is 0 Å². The van der Waals surface area contributed by atoms with Gasteiger partial charge in [-0.05, 0) is 42.5 Å². The normalized spacial score (nSPS) is 29.4. The summed E-state index contributed by atoms with van der Waals surface area (Å²) in [6, 6.07) is 3.86. The van der Waals surface area contributed by atoms with E-state index in [1.165, 1.54) is 0 Å². The van der Waals surface area contributed by atoms with E-state index in [1.807, 2.05) is 24.1 Å². The van der Waals surface area contributed by atoms with Crippen LogP contribution in [0.4, 0.5) is 0 Å². The number of likely N-dealkylation sites (N-methyl/N-ethyl adjacent to an activating group) is 1. The van der Waals surface area contributed by atoms with Crippen LogP contribution < -0.4 is 5.32 Å². The van der Waals surface area contributed by atoms with Crippen molar-refractivity contribution in [2.24, 2.45) is 5.92 Å². The fourth-order valence-electron chi connectivity index (χ4n) is 2.94. The lowest BCUT2D eigenvalue weighted by Crippen LogP contribution is -2.49. The van der Waals surface area contributed by atoms with Gasteiger partial charge in [0.1, 0.15) is 0 Å². The molecular formula is C15H19N3OS. The van der Waals surface area contributed by atoms with E-state index < -0.39 is 0 Å². The standard InChI is InChI=1S/C15H19N3OS/c1-16-13-14-12(5-9-20-14)4-8-18(15(13)19)10-11-2-6-17-7-3-11/h2-3,5-7,9,12-14,16H,4,8,10H2,1H3. The number of rotatable bonds is 3. The van der Waals surface area contributed by atoms with Crippen molar-refractivity contribution in [1.29, 1.82) is 0 Å². The number of thioether (sulfide) groups is 1. The minimum Gasteiger partial charge on any atom is -0.337 e. The number of hydrogen-bond acceptors (Lipinski definition) is 4. The van der Waals surface area contributed by atoms with E-state index in [9.17, 15) is 4.79 Å². The SMILES string of the molecule is CNC1C(=O)N(Cc2ccncc2)CCC2C=CSC21. The second-order valence-corrected chi connectivity index (χ2v) is 6.35. The van der Waals surface area contributed by atoms with Crippen LogP contribution in [0.25, 0.3) is 0 Å². The molecule has 20 heavy (non-hydrogen) atoms. The third kappa shape index (κ3) is 2.60. The number of nitrogens with zero attached hydrogens (tertiary/aromatic N) is 2. The van der Waals surface area contributed by atoms with Crippen LogP contribution in [0.15, 0.2) is 36.0 Å². The lowest BCUT2D eigenvalue weighted by Gasteiger charge is -2.26. The molecule has 3 rings (SSSR count). The molecule has 0 aromatic carbocycles. The first-order valence-corrected chi connectivity index (χ1v) is 7.91. The van der Waals surface area contributed by atoms with Crippen LogP contribution in [-0.2, 0) is 11.3 Å². The molecule has 3 atom stereocenters. The van der Waals surface area contributed by atoms with Crippen molar-refractivity contribution in [3.63, 3.8) is 0 Å². The molecular weight excluding hydrogens is 270 g/mol. The summed E-state index contributed by atoms with van der Waals surface area (Å²) >= 11 is 1.78. The maximum Gasteiger partial charge on any atom is 0.241 e. The number of aromatic nitrogens is 1. The first-order valence-electron chi connectivity index (χ1n) is 6.96. The number of allylic oxidation sites excluding steroid dienone is 1. The zero-order valence-electron chi connectivity index (χ0n) is 11.5. The predicted molar refractivity (Wildman–Crippen MR) is 81.1 cm³/mol. The number of carbonyl (C=O) groups is 1. The van der Waals surface area contributed by atoms with Gasteiger partial charge in [0.05, 0.1) is 6.04 Å². The average Bonchev–Trinajstić information content (AvgIpc) is 2.89. The summed E-state index contributed by atoms with van der Waals surface area (Å²) in [5.74, 6) is 0.719. The number of hydrogen-bond donors (Lipinski definition) is 1. The zero-order chi connectivity index (χ0) is 13.9. The predicted octanol–water partition coefficient (Wildman–Crippen LogP) is 1.65.